The molecule has 30 heavy (non-hydrogen) atoms. The van der Waals surface area contributed by atoms with Gasteiger partial charge in [-0.3, -0.25) is 0 Å². The molecule has 0 fully saturated rings. The van der Waals surface area contributed by atoms with E-state index in [0.29, 0.717) is 51.4 Å². The molecule has 0 amide bonds. The quantitative estimate of drug-likeness (QED) is 0.664. The summed E-state index contributed by atoms with van der Waals surface area (Å²) in [6.07, 6.45) is 1.63. The second-order valence-electron chi connectivity index (χ2n) is 7.81. The molecule has 0 spiro atoms. The van der Waals surface area contributed by atoms with E-state index in [1.54, 1.807) is 28.4 Å². The van der Waals surface area contributed by atoms with Crippen molar-refractivity contribution in [3.63, 3.8) is 0 Å². The number of fused-ring (bicyclic) bond motifs is 4. The van der Waals surface area contributed by atoms with Crippen LogP contribution >= 0.6 is 11.6 Å². The summed E-state index contributed by atoms with van der Waals surface area (Å²) in [4.78, 5) is 0. The van der Waals surface area contributed by atoms with E-state index in [4.69, 9.17) is 40.0 Å². The Kier molecular flexibility index (Phi) is 5.53. The predicted octanol–water partition coefficient (Wildman–Crippen LogP) is 5.14. The highest BCUT2D eigenvalue weighted by Crippen LogP contribution is 2.58. The van der Waals surface area contributed by atoms with E-state index in [0.717, 1.165) is 35.1 Å². The molecular formula is C23H27ClO6. The van der Waals surface area contributed by atoms with Crippen LogP contribution < -0.4 is 28.4 Å². The van der Waals surface area contributed by atoms with Crippen LogP contribution in [0.1, 0.15) is 25.0 Å². The van der Waals surface area contributed by atoms with E-state index in [1.165, 1.54) is 0 Å². The average molecular weight is 435 g/mol. The Morgan fingerprint density at radius 1 is 0.800 bits per heavy atom. The minimum absolute atomic E-state index is 0.164. The van der Waals surface area contributed by atoms with Crippen LogP contribution in [0, 0.1) is 11.8 Å². The normalized spacial score (nSPS) is 19.3. The lowest BCUT2D eigenvalue weighted by Crippen LogP contribution is -2.18. The third kappa shape index (κ3) is 3.00. The maximum atomic E-state index is 6.90. The zero-order chi connectivity index (χ0) is 21.6. The highest BCUT2D eigenvalue weighted by Gasteiger charge is 2.36. The number of halogens is 1. The zero-order valence-corrected chi connectivity index (χ0v) is 18.9. The van der Waals surface area contributed by atoms with Gasteiger partial charge in [0.15, 0.2) is 23.0 Å². The molecule has 2 atom stereocenters. The number of ether oxygens (including phenoxy) is 6. The Morgan fingerprint density at radius 3 is 2.07 bits per heavy atom. The van der Waals surface area contributed by atoms with Gasteiger partial charge in [-0.15, -0.1) is 0 Å². The van der Waals surface area contributed by atoms with Crippen molar-refractivity contribution in [2.24, 2.45) is 11.8 Å². The molecule has 1 heterocycles. The molecule has 0 unspecified atom stereocenters. The van der Waals surface area contributed by atoms with Gasteiger partial charge in [0.05, 0.1) is 33.5 Å². The highest BCUT2D eigenvalue weighted by atomic mass is 35.5. The van der Waals surface area contributed by atoms with Gasteiger partial charge in [0.1, 0.15) is 0 Å². The van der Waals surface area contributed by atoms with Crippen LogP contribution in [0.15, 0.2) is 6.07 Å². The second kappa shape index (κ2) is 7.99. The summed E-state index contributed by atoms with van der Waals surface area (Å²) in [7, 11) is 6.41. The van der Waals surface area contributed by atoms with Gasteiger partial charge in [-0.05, 0) is 41.9 Å². The molecular weight excluding hydrogens is 408 g/mol. The first-order valence-corrected chi connectivity index (χ1v) is 10.3. The molecule has 2 aromatic rings. The smallest absolute Gasteiger partial charge is 0.231 e. The van der Waals surface area contributed by atoms with Crippen molar-refractivity contribution in [1.82, 2.24) is 0 Å². The fourth-order valence-corrected chi connectivity index (χ4v) is 4.82. The molecule has 4 rings (SSSR count). The maximum Gasteiger partial charge on any atom is 0.231 e. The number of methoxy groups -OCH3 is 4. The molecule has 6 nitrogen and oxygen atoms in total. The zero-order valence-electron chi connectivity index (χ0n) is 18.2. The summed E-state index contributed by atoms with van der Waals surface area (Å²) in [6, 6.07) is 2.04. The summed E-state index contributed by atoms with van der Waals surface area (Å²) in [5.74, 6) is 4.19. The van der Waals surface area contributed by atoms with Crippen LogP contribution in [-0.4, -0.2) is 35.2 Å². The van der Waals surface area contributed by atoms with Crippen LogP contribution in [0.25, 0.3) is 11.1 Å². The minimum Gasteiger partial charge on any atom is -0.492 e. The van der Waals surface area contributed by atoms with Gasteiger partial charge in [0.25, 0.3) is 0 Å². The number of rotatable bonds is 4. The first-order valence-electron chi connectivity index (χ1n) is 9.96. The van der Waals surface area contributed by atoms with Crippen molar-refractivity contribution in [2.45, 2.75) is 26.7 Å². The first kappa shape index (κ1) is 20.8. The molecule has 0 bridgehead atoms. The van der Waals surface area contributed by atoms with E-state index in [1.807, 2.05) is 6.07 Å². The van der Waals surface area contributed by atoms with E-state index in [9.17, 15) is 0 Å². The Hall–Kier alpha value is -2.47. The molecule has 2 aromatic carbocycles. The second-order valence-corrected chi connectivity index (χ2v) is 8.19. The monoisotopic (exact) mass is 434 g/mol. The highest BCUT2D eigenvalue weighted by molar-refractivity contribution is 6.34. The van der Waals surface area contributed by atoms with E-state index in [-0.39, 0.29) is 6.79 Å². The number of hydrogen-bond acceptors (Lipinski definition) is 6. The molecule has 0 saturated heterocycles. The van der Waals surface area contributed by atoms with Gasteiger partial charge < -0.3 is 28.4 Å². The number of benzene rings is 2. The molecule has 7 heteroatoms. The first-order chi connectivity index (χ1) is 14.5. The average Bonchev–Trinajstić information content (AvgIpc) is 3.20. The minimum atomic E-state index is 0.164. The largest absolute Gasteiger partial charge is 0.492 e. The van der Waals surface area contributed by atoms with Crippen molar-refractivity contribution in [3.8, 4) is 45.6 Å². The van der Waals surface area contributed by atoms with Gasteiger partial charge in [-0.2, -0.15) is 0 Å². The summed E-state index contributed by atoms with van der Waals surface area (Å²) in [5, 5.41) is 0.525. The van der Waals surface area contributed by atoms with E-state index >= 15 is 0 Å². The molecule has 2 aliphatic rings. The summed E-state index contributed by atoms with van der Waals surface area (Å²) in [6.45, 7) is 4.66. The summed E-state index contributed by atoms with van der Waals surface area (Å²) < 4.78 is 34.5. The lowest BCUT2D eigenvalue weighted by atomic mass is 9.77. The molecule has 0 saturated carbocycles. The van der Waals surface area contributed by atoms with Crippen molar-refractivity contribution in [1.29, 1.82) is 0 Å². The van der Waals surface area contributed by atoms with E-state index in [2.05, 4.69) is 13.8 Å². The lowest BCUT2D eigenvalue weighted by molar-refractivity contribution is 0.171. The standard InChI is InChI=1S/C23H27ClO6/c1-11-7-13-9-15-19(30-10-29-15)20(25-3)16(13)17-14(8-12(11)2)18(24)22(27-5)23(28-6)21(17)26-4/h9,11-12H,7-8,10H2,1-6H3/t11-,12+/m0/s1. The molecule has 162 valence electrons. The fraction of sp³-hybridized carbons (Fsp3) is 0.478. The molecule has 0 aromatic heterocycles. The summed E-state index contributed by atoms with van der Waals surface area (Å²) in [5.41, 5.74) is 3.79. The van der Waals surface area contributed by atoms with Gasteiger partial charge in [0.2, 0.25) is 18.3 Å². The SMILES string of the molecule is COc1c(Cl)c2c(c(OC)c1OC)-c1c(cc3c(c1OC)OCO3)C[C@H](C)[C@H](C)C2. The fourth-order valence-electron chi connectivity index (χ4n) is 4.48. The molecule has 1 aliphatic heterocycles. The van der Waals surface area contributed by atoms with Crippen LogP contribution in [0.4, 0.5) is 0 Å². The van der Waals surface area contributed by atoms with Gasteiger partial charge >= 0.3 is 0 Å². The number of hydrogen-bond donors (Lipinski definition) is 0. The van der Waals surface area contributed by atoms with Crippen molar-refractivity contribution < 1.29 is 28.4 Å². The lowest BCUT2D eigenvalue weighted by Gasteiger charge is -2.30. The van der Waals surface area contributed by atoms with Gasteiger partial charge in [-0.25, -0.2) is 0 Å². The topological polar surface area (TPSA) is 55.4 Å². The predicted molar refractivity (Wildman–Crippen MR) is 115 cm³/mol. The van der Waals surface area contributed by atoms with Crippen LogP contribution in [0.5, 0.6) is 34.5 Å². The summed E-state index contributed by atoms with van der Waals surface area (Å²) >= 11 is 6.90. The van der Waals surface area contributed by atoms with Crippen molar-refractivity contribution >= 4 is 11.6 Å². The molecule has 1 aliphatic carbocycles. The Balaban J connectivity index is 2.17. The molecule has 0 N–H and O–H groups in total. The van der Waals surface area contributed by atoms with Gasteiger partial charge in [-0.1, -0.05) is 25.4 Å². The van der Waals surface area contributed by atoms with Gasteiger partial charge in [0, 0.05) is 11.1 Å². The maximum absolute atomic E-state index is 6.90. The Morgan fingerprint density at radius 2 is 1.43 bits per heavy atom. The van der Waals surface area contributed by atoms with Crippen LogP contribution in [-0.2, 0) is 12.8 Å². The molecule has 0 radical (unpaired) electrons. The van der Waals surface area contributed by atoms with Crippen molar-refractivity contribution in [3.05, 3.63) is 22.2 Å². The van der Waals surface area contributed by atoms with Crippen LogP contribution in [0.3, 0.4) is 0 Å². The van der Waals surface area contributed by atoms with Crippen LogP contribution in [0.2, 0.25) is 5.02 Å². The van der Waals surface area contributed by atoms with E-state index < -0.39 is 0 Å². The van der Waals surface area contributed by atoms with Crippen molar-refractivity contribution in [2.75, 3.05) is 35.2 Å². The Bertz CT molecular complexity index is 987. The third-order valence-electron chi connectivity index (χ3n) is 6.21. The Labute approximate surface area is 181 Å². The third-order valence-corrected chi connectivity index (χ3v) is 6.61.